The highest BCUT2D eigenvalue weighted by Crippen LogP contribution is 2.14. The van der Waals surface area contributed by atoms with Crippen molar-refractivity contribution in [3.63, 3.8) is 0 Å². The van der Waals surface area contributed by atoms with Crippen LogP contribution in [0.15, 0.2) is 12.1 Å². The van der Waals surface area contributed by atoms with Gasteiger partial charge in [-0.15, -0.1) is 0 Å². The van der Waals surface area contributed by atoms with Crippen LogP contribution in [-0.4, -0.2) is 5.97 Å². The van der Waals surface area contributed by atoms with Crippen molar-refractivity contribution in [2.45, 2.75) is 20.8 Å². The van der Waals surface area contributed by atoms with Crippen LogP contribution in [0.1, 0.15) is 27.0 Å². The summed E-state index contributed by atoms with van der Waals surface area (Å²) in [7, 11) is 0. The van der Waals surface area contributed by atoms with Gasteiger partial charge in [0.15, 0.2) is 0 Å². The topological polar surface area (TPSA) is 37.0 Å². The average molecular weight is 163 g/mol. The summed E-state index contributed by atoms with van der Waals surface area (Å²) >= 11 is 0. The molecule has 0 spiro atoms. The lowest BCUT2D eigenvalue weighted by atomic mass is 10.0. The molecule has 12 heavy (non-hydrogen) atoms. The SMILES string of the molecule is Cc1cc(C)c(C([O])=O)cc1C. The second kappa shape index (κ2) is 2.97. The Bertz CT molecular complexity index is 327. The maximum absolute atomic E-state index is 10.6. The molecule has 0 aliphatic heterocycles. The van der Waals surface area contributed by atoms with Gasteiger partial charge in [0.25, 0.3) is 0 Å². The molecule has 0 saturated carbocycles. The fourth-order valence-corrected chi connectivity index (χ4v) is 1.18. The highest BCUT2D eigenvalue weighted by molar-refractivity contribution is 5.89. The predicted octanol–water partition coefficient (Wildman–Crippen LogP) is 2.18. The predicted molar refractivity (Wildman–Crippen MR) is 45.7 cm³/mol. The lowest BCUT2D eigenvalue weighted by molar-refractivity contribution is 0.0572. The zero-order chi connectivity index (χ0) is 9.30. The summed E-state index contributed by atoms with van der Waals surface area (Å²) in [6.45, 7) is 5.63. The van der Waals surface area contributed by atoms with Gasteiger partial charge in [0.05, 0.1) is 5.56 Å². The van der Waals surface area contributed by atoms with Crippen LogP contribution in [0.2, 0.25) is 0 Å². The smallest absolute Gasteiger partial charge is 0.241 e. The molecule has 0 atom stereocenters. The maximum Gasteiger partial charge on any atom is 0.386 e. The summed E-state index contributed by atoms with van der Waals surface area (Å²) in [5.74, 6) is -1.10. The Kier molecular flexibility index (Phi) is 2.18. The van der Waals surface area contributed by atoms with E-state index < -0.39 is 5.97 Å². The molecule has 0 heterocycles. The van der Waals surface area contributed by atoms with Crippen molar-refractivity contribution in [3.8, 4) is 0 Å². The van der Waals surface area contributed by atoms with Gasteiger partial charge in [-0.2, -0.15) is 0 Å². The van der Waals surface area contributed by atoms with Crippen LogP contribution in [0.25, 0.3) is 0 Å². The van der Waals surface area contributed by atoms with Gasteiger partial charge in [-0.25, -0.2) is 9.90 Å². The summed E-state index contributed by atoms with van der Waals surface area (Å²) < 4.78 is 0. The molecule has 2 heteroatoms. The molecule has 0 amide bonds. The van der Waals surface area contributed by atoms with E-state index in [1.54, 1.807) is 13.0 Å². The van der Waals surface area contributed by atoms with E-state index >= 15 is 0 Å². The second-order valence-electron chi connectivity index (χ2n) is 3.04. The molecule has 2 nitrogen and oxygen atoms in total. The van der Waals surface area contributed by atoms with Crippen molar-refractivity contribution in [1.82, 2.24) is 0 Å². The number of rotatable bonds is 1. The van der Waals surface area contributed by atoms with Gasteiger partial charge < -0.3 is 0 Å². The van der Waals surface area contributed by atoms with Gasteiger partial charge in [0, 0.05) is 0 Å². The fourth-order valence-electron chi connectivity index (χ4n) is 1.18. The first-order valence-corrected chi connectivity index (χ1v) is 3.81. The van der Waals surface area contributed by atoms with Gasteiger partial charge in [-0.1, -0.05) is 6.07 Å². The van der Waals surface area contributed by atoms with Crippen molar-refractivity contribution >= 4 is 5.97 Å². The van der Waals surface area contributed by atoms with Gasteiger partial charge in [-0.3, -0.25) is 0 Å². The molecule has 0 unspecified atom stereocenters. The molecule has 0 fully saturated rings. The first-order chi connectivity index (χ1) is 5.52. The summed E-state index contributed by atoms with van der Waals surface area (Å²) in [4.78, 5) is 10.6. The summed E-state index contributed by atoms with van der Waals surface area (Å²) in [5, 5.41) is 10.6. The van der Waals surface area contributed by atoms with Gasteiger partial charge >= 0.3 is 5.97 Å². The van der Waals surface area contributed by atoms with Crippen LogP contribution in [0.4, 0.5) is 0 Å². The zero-order valence-electron chi connectivity index (χ0n) is 7.47. The summed E-state index contributed by atoms with van der Waals surface area (Å²) in [5.41, 5.74) is 3.15. The molecule has 0 aliphatic rings. The summed E-state index contributed by atoms with van der Waals surface area (Å²) in [6, 6.07) is 3.51. The molecule has 0 aliphatic carbocycles. The lowest BCUT2D eigenvalue weighted by Gasteiger charge is -2.04. The van der Waals surface area contributed by atoms with E-state index in [0.29, 0.717) is 0 Å². The third-order valence-corrected chi connectivity index (χ3v) is 2.06. The van der Waals surface area contributed by atoms with Crippen LogP contribution in [0.5, 0.6) is 0 Å². The van der Waals surface area contributed by atoms with E-state index in [1.165, 1.54) is 0 Å². The molecule has 0 N–H and O–H groups in total. The number of benzene rings is 1. The molecular formula is C10H11O2. The molecule has 0 saturated heterocycles. The van der Waals surface area contributed by atoms with Gasteiger partial charge in [0.1, 0.15) is 0 Å². The Balaban J connectivity index is 3.33. The fraction of sp³-hybridized carbons (Fsp3) is 0.300. The monoisotopic (exact) mass is 163 g/mol. The molecule has 1 rings (SSSR count). The van der Waals surface area contributed by atoms with Crippen LogP contribution in [0.3, 0.4) is 0 Å². The molecule has 1 aromatic carbocycles. The van der Waals surface area contributed by atoms with E-state index in [2.05, 4.69) is 0 Å². The largest absolute Gasteiger partial charge is 0.386 e. The Morgan fingerprint density at radius 2 is 1.50 bits per heavy atom. The van der Waals surface area contributed by atoms with Crippen LogP contribution in [-0.2, 0) is 5.11 Å². The van der Waals surface area contributed by atoms with Crippen LogP contribution >= 0.6 is 0 Å². The van der Waals surface area contributed by atoms with E-state index in [0.717, 1.165) is 16.7 Å². The normalized spacial score (nSPS) is 9.92. The number of carbonyl (C=O) groups excluding carboxylic acids is 1. The Morgan fingerprint density at radius 3 is 2.00 bits per heavy atom. The van der Waals surface area contributed by atoms with Crippen LogP contribution < -0.4 is 0 Å². The first-order valence-electron chi connectivity index (χ1n) is 3.81. The van der Waals surface area contributed by atoms with Crippen molar-refractivity contribution in [2.75, 3.05) is 0 Å². The van der Waals surface area contributed by atoms with E-state index in [1.807, 2.05) is 19.9 Å². The highest BCUT2D eigenvalue weighted by atomic mass is 16.4. The van der Waals surface area contributed by atoms with E-state index in [9.17, 15) is 9.90 Å². The zero-order valence-corrected chi connectivity index (χ0v) is 7.47. The van der Waals surface area contributed by atoms with Crippen molar-refractivity contribution < 1.29 is 9.90 Å². The molecule has 1 aromatic rings. The van der Waals surface area contributed by atoms with Gasteiger partial charge in [0.2, 0.25) is 0 Å². The van der Waals surface area contributed by atoms with Crippen molar-refractivity contribution in [3.05, 3.63) is 34.4 Å². The molecule has 1 radical (unpaired) electrons. The minimum atomic E-state index is -1.10. The first kappa shape index (κ1) is 8.78. The number of hydrogen-bond acceptors (Lipinski definition) is 1. The van der Waals surface area contributed by atoms with E-state index in [4.69, 9.17) is 0 Å². The third kappa shape index (κ3) is 1.47. The van der Waals surface area contributed by atoms with Crippen LogP contribution in [0, 0.1) is 20.8 Å². The Hall–Kier alpha value is -1.31. The number of aryl methyl sites for hydroxylation is 3. The molecule has 0 aromatic heterocycles. The lowest BCUT2D eigenvalue weighted by Crippen LogP contribution is -1.99. The standard InChI is InChI=1S/C10H11O2/c1-6-4-8(3)9(10(11)12)5-7(6)2/h4-5H,1-3H3. The highest BCUT2D eigenvalue weighted by Gasteiger charge is 2.09. The number of carbonyl (C=O) groups is 1. The second-order valence-corrected chi connectivity index (χ2v) is 3.04. The third-order valence-electron chi connectivity index (χ3n) is 2.06. The maximum atomic E-state index is 10.6. The Labute approximate surface area is 71.8 Å². The average Bonchev–Trinajstić information content (AvgIpc) is 1.96. The minimum absolute atomic E-state index is 0.290. The quantitative estimate of drug-likeness (QED) is 0.625. The molecule has 0 bridgehead atoms. The van der Waals surface area contributed by atoms with Crippen molar-refractivity contribution in [1.29, 1.82) is 0 Å². The van der Waals surface area contributed by atoms with E-state index in [-0.39, 0.29) is 5.56 Å². The molecular weight excluding hydrogens is 152 g/mol. The minimum Gasteiger partial charge on any atom is -0.241 e. The molecule has 63 valence electrons. The number of hydrogen-bond donors (Lipinski definition) is 0. The Morgan fingerprint density at radius 1 is 1.00 bits per heavy atom. The van der Waals surface area contributed by atoms with Crippen molar-refractivity contribution in [2.24, 2.45) is 0 Å². The van der Waals surface area contributed by atoms with Gasteiger partial charge in [-0.05, 0) is 43.5 Å². The summed E-state index contributed by atoms with van der Waals surface area (Å²) in [6.07, 6.45) is 0.